The molecule has 1 aromatic rings. The molecule has 0 aliphatic rings. The van der Waals surface area contributed by atoms with E-state index in [1.807, 2.05) is 27.7 Å². The highest BCUT2D eigenvalue weighted by Crippen LogP contribution is 2.30. The summed E-state index contributed by atoms with van der Waals surface area (Å²) in [6.07, 6.45) is -0.0674. The first-order valence-electron chi connectivity index (χ1n) is 10.3. The van der Waals surface area contributed by atoms with Crippen molar-refractivity contribution in [1.29, 1.82) is 0 Å². The number of anilines is 1. The van der Waals surface area contributed by atoms with Gasteiger partial charge in [0, 0.05) is 18.0 Å². The number of halogens is 1. The van der Waals surface area contributed by atoms with Gasteiger partial charge in [-0.05, 0) is 31.4 Å². The maximum absolute atomic E-state index is 13.1. The average Bonchev–Trinajstić information content (AvgIpc) is 2.64. The molecule has 7 nitrogen and oxygen atoms in total. The number of aliphatic carboxylic acids is 1. The number of carbonyl (C=O) groups excluding carboxylic acids is 2. The van der Waals surface area contributed by atoms with Crippen molar-refractivity contribution in [3.63, 3.8) is 0 Å². The van der Waals surface area contributed by atoms with Crippen LogP contribution in [0.2, 0.25) is 5.02 Å². The number of nitrogens with one attached hydrogen (secondary N) is 2. The van der Waals surface area contributed by atoms with Crippen molar-refractivity contribution < 1.29 is 19.5 Å². The number of benzene rings is 1. The zero-order valence-corrected chi connectivity index (χ0v) is 20.8. The van der Waals surface area contributed by atoms with Crippen molar-refractivity contribution in [2.45, 2.75) is 73.0 Å². The zero-order chi connectivity index (χ0) is 24.1. The van der Waals surface area contributed by atoms with Gasteiger partial charge in [0.15, 0.2) is 0 Å². The monoisotopic (exact) mass is 471 g/mol. The van der Waals surface area contributed by atoms with E-state index in [0.717, 1.165) is 0 Å². The minimum atomic E-state index is -0.915. The van der Waals surface area contributed by atoms with Gasteiger partial charge >= 0.3 is 5.97 Å². The molecule has 0 spiro atoms. The van der Waals surface area contributed by atoms with E-state index >= 15 is 0 Å². The fourth-order valence-electron chi connectivity index (χ4n) is 3.26. The highest BCUT2D eigenvalue weighted by atomic mass is 35.5. The van der Waals surface area contributed by atoms with E-state index < -0.39 is 5.97 Å². The van der Waals surface area contributed by atoms with Crippen LogP contribution in [0.1, 0.15) is 65.2 Å². The Bertz CT molecular complexity index is 810. The summed E-state index contributed by atoms with van der Waals surface area (Å²) in [7, 11) is 0. The molecule has 1 rings (SSSR count). The summed E-state index contributed by atoms with van der Waals surface area (Å²) in [6.45, 7) is 13.2. The molecule has 3 atom stereocenters. The van der Waals surface area contributed by atoms with Crippen molar-refractivity contribution >= 4 is 47.9 Å². The summed E-state index contributed by atoms with van der Waals surface area (Å²) in [5, 5.41) is 15.0. The molecule has 0 saturated carbocycles. The summed E-state index contributed by atoms with van der Waals surface area (Å²) < 4.78 is 1.66. The lowest BCUT2D eigenvalue weighted by Gasteiger charge is -2.41. The number of thiol groups is 1. The van der Waals surface area contributed by atoms with Gasteiger partial charge in [0.1, 0.15) is 0 Å². The SMILES string of the molecule is CC(C)C(=O)Nc1cccc(C(=O)NC([C@@H](C)N(S)[C@H](C)CC(=O)O)C(C)(C)C)c1Cl. The summed E-state index contributed by atoms with van der Waals surface area (Å²) in [4.78, 5) is 36.2. The molecule has 1 unspecified atom stereocenters. The Morgan fingerprint density at radius 3 is 2.23 bits per heavy atom. The second kappa shape index (κ2) is 11.2. The topological polar surface area (TPSA) is 98.7 Å². The molecule has 3 N–H and O–H groups in total. The van der Waals surface area contributed by atoms with Gasteiger partial charge in [-0.15, -0.1) is 0 Å². The molecule has 0 fully saturated rings. The maximum atomic E-state index is 13.1. The lowest BCUT2D eigenvalue weighted by atomic mass is 9.82. The molecule has 0 radical (unpaired) electrons. The summed E-state index contributed by atoms with van der Waals surface area (Å²) in [5.41, 5.74) is 0.267. The van der Waals surface area contributed by atoms with Gasteiger partial charge in [0.2, 0.25) is 5.91 Å². The molecule has 2 amide bonds. The van der Waals surface area contributed by atoms with Crippen molar-refractivity contribution in [1.82, 2.24) is 9.62 Å². The number of nitrogens with zero attached hydrogens (tertiary/aromatic N) is 1. The quantitative estimate of drug-likeness (QED) is 0.398. The van der Waals surface area contributed by atoms with Gasteiger partial charge in [-0.3, -0.25) is 14.4 Å². The van der Waals surface area contributed by atoms with Crippen LogP contribution in [0.5, 0.6) is 0 Å². The van der Waals surface area contributed by atoms with Crippen LogP contribution in [0.4, 0.5) is 5.69 Å². The number of rotatable bonds is 9. The van der Waals surface area contributed by atoms with Crippen LogP contribution in [0.3, 0.4) is 0 Å². The minimum Gasteiger partial charge on any atom is -0.481 e. The third kappa shape index (κ3) is 7.70. The second-order valence-corrected chi connectivity index (χ2v) is 10.0. The van der Waals surface area contributed by atoms with Crippen LogP contribution in [0.25, 0.3) is 0 Å². The Hall–Kier alpha value is -1.77. The van der Waals surface area contributed by atoms with Crippen LogP contribution < -0.4 is 10.6 Å². The minimum absolute atomic E-state index is 0.0674. The molecule has 0 aliphatic heterocycles. The molecule has 0 bridgehead atoms. The summed E-state index contributed by atoms with van der Waals surface area (Å²) >= 11 is 10.9. The van der Waals surface area contributed by atoms with E-state index in [1.165, 1.54) is 0 Å². The smallest absolute Gasteiger partial charge is 0.304 e. The predicted octanol–water partition coefficient (Wildman–Crippen LogP) is 4.48. The highest BCUT2D eigenvalue weighted by molar-refractivity contribution is 7.77. The van der Waals surface area contributed by atoms with Gasteiger partial charge in [0.25, 0.3) is 5.91 Å². The molecule has 0 heterocycles. The fourth-order valence-corrected chi connectivity index (χ4v) is 3.74. The first-order chi connectivity index (χ1) is 14.2. The van der Waals surface area contributed by atoms with Gasteiger partial charge in [0.05, 0.1) is 28.7 Å². The molecule has 9 heteroatoms. The number of carbonyl (C=O) groups is 3. The number of carboxylic acid groups (broad SMARTS) is 1. The Morgan fingerprint density at radius 2 is 1.74 bits per heavy atom. The van der Waals surface area contributed by atoms with E-state index in [-0.39, 0.29) is 58.3 Å². The van der Waals surface area contributed by atoms with E-state index in [9.17, 15) is 14.4 Å². The van der Waals surface area contributed by atoms with Gasteiger partial charge in [-0.2, -0.15) is 0 Å². The van der Waals surface area contributed by atoms with Crippen LogP contribution >= 0.6 is 24.4 Å². The number of hydrogen-bond donors (Lipinski definition) is 4. The maximum Gasteiger partial charge on any atom is 0.304 e. The van der Waals surface area contributed by atoms with Crippen LogP contribution in [0.15, 0.2) is 18.2 Å². The number of carboxylic acids is 1. The van der Waals surface area contributed by atoms with Crippen molar-refractivity contribution in [3.05, 3.63) is 28.8 Å². The van der Waals surface area contributed by atoms with Crippen LogP contribution in [-0.4, -0.2) is 45.3 Å². The third-order valence-electron chi connectivity index (χ3n) is 5.07. The van der Waals surface area contributed by atoms with Crippen LogP contribution in [-0.2, 0) is 9.59 Å². The Morgan fingerprint density at radius 1 is 1.16 bits per heavy atom. The van der Waals surface area contributed by atoms with E-state index in [2.05, 4.69) is 23.4 Å². The molecular formula is C22H34ClN3O4S. The Balaban J connectivity index is 3.14. The van der Waals surface area contributed by atoms with E-state index in [4.69, 9.17) is 16.7 Å². The average molecular weight is 472 g/mol. The fraction of sp³-hybridized carbons (Fsp3) is 0.591. The first kappa shape index (κ1) is 27.3. The molecular weight excluding hydrogens is 438 g/mol. The molecule has 174 valence electrons. The standard InChI is InChI=1S/C22H34ClN3O4S/c1-12(2)20(29)24-16-10-8-9-15(18(16)23)21(30)25-19(22(5,6)7)14(4)26(31)13(3)11-17(27)28/h8-10,12-14,19,31H,11H2,1-7H3,(H,24,29)(H,25,30)(H,27,28)/t13-,14-,19?/m1/s1. The van der Waals surface area contributed by atoms with E-state index in [0.29, 0.717) is 5.69 Å². The Labute approximate surface area is 195 Å². The lowest BCUT2D eigenvalue weighted by molar-refractivity contribution is -0.138. The zero-order valence-electron chi connectivity index (χ0n) is 19.2. The van der Waals surface area contributed by atoms with Crippen molar-refractivity contribution in [2.75, 3.05) is 5.32 Å². The van der Waals surface area contributed by atoms with Gasteiger partial charge < -0.3 is 15.7 Å². The second-order valence-electron chi connectivity index (χ2n) is 9.20. The van der Waals surface area contributed by atoms with E-state index in [1.54, 1.807) is 43.3 Å². The lowest BCUT2D eigenvalue weighted by Crippen LogP contribution is -2.55. The molecule has 1 aromatic carbocycles. The number of hydrogen-bond acceptors (Lipinski definition) is 5. The summed E-state index contributed by atoms with van der Waals surface area (Å²) in [6, 6.07) is 3.93. The van der Waals surface area contributed by atoms with Gasteiger partial charge in [-0.1, -0.05) is 65.1 Å². The largest absolute Gasteiger partial charge is 0.481 e. The third-order valence-corrected chi connectivity index (χ3v) is 6.23. The first-order valence-corrected chi connectivity index (χ1v) is 11.0. The molecule has 0 aliphatic carbocycles. The molecule has 0 saturated heterocycles. The van der Waals surface area contributed by atoms with Crippen molar-refractivity contribution in [2.24, 2.45) is 11.3 Å². The Kier molecular flexibility index (Phi) is 9.85. The van der Waals surface area contributed by atoms with Gasteiger partial charge in [-0.25, -0.2) is 4.31 Å². The summed E-state index contributed by atoms with van der Waals surface area (Å²) in [5.74, 6) is -1.72. The normalized spacial score (nSPS) is 14.8. The molecule has 0 aromatic heterocycles. The van der Waals surface area contributed by atoms with Crippen molar-refractivity contribution in [3.8, 4) is 0 Å². The predicted molar refractivity (Wildman–Crippen MR) is 128 cm³/mol. The highest BCUT2D eigenvalue weighted by Gasteiger charge is 2.36. The molecule has 31 heavy (non-hydrogen) atoms. The van der Waals surface area contributed by atoms with Crippen LogP contribution in [0, 0.1) is 11.3 Å². The number of amides is 2.